The fraction of sp³-hybridized carbons (Fsp3) is 0.750. The van der Waals surface area contributed by atoms with E-state index >= 15 is 0 Å². The molecule has 1 saturated heterocycles. The summed E-state index contributed by atoms with van der Waals surface area (Å²) >= 11 is 12.8. The molecule has 3 amide bonds. The maximum Gasteiger partial charge on any atom is 0.289 e. The van der Waals surface area contributed by atoms with E-state index < -0.39 is 34.0 Å². The number of nitrogens with zero attached hydrogens (tertiary/aromatic N) is 1. The van der Waals surface area contributed by atoms with Crippen LogP contribution in [-0.4, -0.2) is 57.9 Å². The SMILES string of the molecule is C=CCNC(=O)C(=O)C(CCC)NC(=O)[C@@H]1[C@@H]2[C@H](CN1C(=O)[C@@H](C)C1CCCCC1)C2(Cl)Cl. The van der Waals surface area contributed by atoms with Crippen LogP contribution in [-0.2, 0) is 19.2 Å². The highest BCUT2D eigenvalue weighted by Gasteiger charge is 2.74. The lowest BCUT2D eigenvalue weighted by Gasteiger charge is -2.35. The zero-order chi connectivity index (χ0) is 24.3. The first-order valence-corrected chi connectivity index (χ1v) is 12.8. The number of hydrogen-bond donors (Lipinski definition) is 2. The van der Waals surface area contributed by atoms with E-state index in [4.69, 9.17) is 23.2 Å². The van der Waals surface area contributed by atoms with Gasteiger partial charge in [-0.2, -0.15) is 0 Å². The van der Waals surface area contributed by atoms with Crippen molar-refractivity contribution in [3.05, 3.63) is 12.7 Å². The number of nitrogens with one attached hydrogen (secondary N) is 2. The molecule has 184 valence electrons. The van der Waals surface area contributed by atoms with Gasteiger partial charge >= 0.3 is 0 Å². The summed E-state index contributed by atoms with van der Waals surface area (Å²) in [6.07, 6.45) is 7.87. The first kappa shape index (κ1) is 26.0. The Kier molecular flexibility index (Phi) is 8.49. The number of likely N-dealkylation sites (tertiary alicyclic amines) is 1. The standard InChI is InChI=1S/C24H35Cl2N3O4/c1-4-9-17(20(30)22(32)27-12-5-2)28-21(31)19-18-16(24(18,25)26)13-29(19)23(33)14(3)15-10-7-6-8-11-15/h5,14-19H,2,4,6-13H2,1,3H3,(H,27,32)(H,28,31)/t14-,16-,17?,18-,19-/m0/s1. The fourth-order valence-electron chi connectivity index (χ4n) is 5.46. The Balaban J connectivity index is 1.74. The molecule has 1 aliphatic heterocycles. The zero-order valence-electron chi connectivity index (χ0n) is 19.4. The van der Waals surface area contributed by atoms with Crippen LogP contribution in [0.3, 0.4) is 0 Å². The average Bonchev–Trinajstić information content (AvgIpc) is 3.14. The molecule has 0 spiro atoms. The number of ketones is 1. The highest BCUT2D eigenvalue weighted by Crippen LogP contribution is 2.65. The van der Waals surface area contributed by atoms with Gasteiger partial charge in [0, 0.05) is 30.8 Å². The minimum absolute atomic E-state index is 0.0551. The van der Waals surface area contributed by atoms with Gasteiger partial charge in [-0.3, -0.25) is 19.2 Å². The number of piperidine rings is 1. The van der Waals surface area contributed by atoms with Gasteiger partial charge in [-0.1, -0.05) is 45.6 Å². The van der Waals surface area contributed by atoms with Crippen LogP contribution in [0.1, 0.15) is 58.8 Å². The molecule has 5 atom stereocenters. The van der Waals surface area contributed by atoms with Crippen LogP contribution in [0.5, 0.6) is 0 Å². The largest absolute Gasteiger partial charge is 0.346 e. The van der Waals surface area contributed by atoms with Crippen molar-refractivity contribution in [3.63, 3.8) is 0 Å². The normalized spacial score (nSPS) is 27.8. The van der Waals surface area contributed by atoms with Crippen LogP contribution in [0.25, 0.3) is 0 Å². The Morgan fingerprint density at radius 3 is 2.45 bits per heavy atom. The third-order valence-corrected chi connectivity index (χ3v) is 8.54. The highest BCUT2D eigenvalue weighted by atomic mass is 35.5. The smallest absolute Gasteiger partial charge is 0.289 e. The molecule has 2 N–H and O–H groups in total. The van der Waals surface area contributed by atoms with Crippen LogP contribution >= 0.6 is 23.2 Å². The molecule has 0 aromatic heterocycles. The molecule has 0 radical (unpaired) electrons. The summed E-state index contributed by atoms with van der Waals surface area (Å²) in [5, 5.41) is 5.19. The number of fused-ring (bicyclic) bond motifs is 1. The summed E-state index contributed by atoms with van der Waals surface area (Å²) in [5.74, 6) is -2.44. The third-order valence-electron chi connectivity index (χ3n) is 7.47. The summed E-state index contributed by atoms with van der Waals surface area (Å²) in [6.45, 7) is 7.81. The predicted octanol–water partition coefficient (Wildman–Crippen LogP) is 2.99. The lowest BCUT2D eigenvalue weighted by molar-refractivity contribution is -0.145. The first-order chi connectivity index (χ1) is 15.6. The van der Waals surface area contributed by atoms with Gasteiger partial charge in [-0.15, -0.1) is 29.8 Å². The Labute approximate surface area is 206 Å². The number of hydrogen-bond acceptors (Lipinski definition) is 4. The van der Waals surface area contributed by atoms with Crippen molar-refractivity contribution in [2.75, 3.05) is 13.1 Å². The number of halogens is 2. The van der Waals surface area contributed by atoms with Gasteiger partial charge < -0.3 is 15.5 Å². The van der Waals surface area contributed by atoms with Crippen molar-refractivity contribution in [3.8, 4) is 0 Å². The maximum atomic E-state index is 13.4. The van der Waals surface area contributed by atoms with E-state index in [-0.39, 0.29) is 30.2 Å². The Morgan fingerprint density at radius 1 is 1.18 bits per heavy atom. The molecule has 2 aliphatic carbocycles. The minimum atomic E-state index is -1.06. The second kappa shape index (κ2) is 10.8. The van der Waals surface area contributed by atoms with Gasteiger partial charge in [0.05, 0.1) is 6.04 Å². The molecule has 1 unspecified atom stereocenters. The maximum absolute atomic E-state index is 13.4. The highest BCUT2D eigenvalue weighted by molar-refractivity contribution is 6.51. The van der Waals surface area contributed by atoms with Gasteiger partial charge in [-0.05, 0) is 25.2 Å². The molecule has 7 nitrogen and oxygen atoms in total. The Bertz CT molecular complexity index is 797. The molecule has 0 bridgehead atoms. The van der Waals surface area contributed by atoms with Crippen molar-refractivity contribution >= 4 is 46.7 Å². The van der Waals surface area contributed by atoms with Gasteiger partial charge in [0.15, 0.2) is 0 Å². The second-order valence-electron chi connectivity index (χ2n) is 9.64. The average molecular weight is 500 g/mol. The van der Waals surface area contributed by atoms with E-state index in [0.717, 1.165) is 25.7 Å². The van der Waals surface area contributed by atoms with Crippen molar-refractivity contribution in [1.29, 1.82) is 0 Å². The quantitative estimate of drug-likeness (QED) is 0.274. The molecule has 9 heteroatoms. The Morgan fingerprint density at radius 2 is 1.85 bits per heavy atom. The summed E-state index contributed by atoms with van der Waals surface area (Å²) in [6, 6.07) is -1.81. The summed E-state index contributed by atoms with van der Waals surface area (Å²) in [7, 11) is 0. The van der Waals surface area contributed by atoms with Crippen LogP contribution in [0.2, 0.25) is 0 Å². The predicted molar refractivity (Wildman–Crippen MR) is 128 cm³/mol. The number of carbonyl (C=O) groups excluding carboxylic acids is 4. The number of alkyl halides is 2. The molecular weight excluding hydrogens is 465 g/mol. The number of rotatable bonds is 10. The minimum Gasteiger partial charge on any atom is -0.346 e. The summed E-state index contributed by atoms with van der Waals surface area (Å²) < 4.78 is -1.06. The molecular formula is C24H35Cl2N3O4. The van der Waals surface area contributed by atoms with E-state index in [2.05, 4.69) is 17.2 Å². The summed E-state index contributed by atoms with van der Waals surface area (Å²) in [5.41, 5.74) is 0. The molecule has 3 aliphatic rings. The number of Topliss-reactive ketones (excluding diaryl/α,β-unsaturated/α-hetero) is 1. The van der Waals surface area contributed by atoms with Crippen LogP contribution in [0.15, 0.2) is 12.7 Å². The van der Waals surface area contributed by atoms with E-state index in [1.54, 1.807) is 4.90 Å². The van der Waals surface area contributed by atoms with E-state index in [0.29, 0.717) is 25.3 Å². The monoisotopic (exact) mass is 499 g/mol. The molecule has 0 aromatic rings. The van der Waals surface area contributed by atoms with Gasteiger partial charge in [0.2, 0.25) is 17.6 Å². The fourth-order valence-corrected chi connectivity index (χ4v) is 6.28. The molecule has 2 saturated carbocycles. The molecule has 33 heavy (non-hydrogen) atoms. The van der Waals surface area contributed by atoms with E-state index in [1.165, 1.54) is 12.5 Å². The van der Waals surface area contributed by atoms with Crippen molar-refractivity contribution in [2.45, 2.75) is 75.2 Å². The number of amides is 3. The van der Waals surface area contributed by atoms with E-state index in [9.17, 15) is 19.2 Å². The van der Waals surface area contributed by atoms with Crippen molar-refractivity contribution in [1.82, 2.24) is 15.5 Å². The van der Waals surface area contributed by atoms with Gasteiger partial charge in [0.25, 0.3) is 5.91 Å². The number of carbonyl (C=O) groups is 4. The molecule has 3 rings (SSSR count). The zero-order valence-corrected chi connectivity index (χ0v) is 21.0. The second-order valence-corrected chi connectivity index (χ2v) is 11.1. The third kappa shape index (κ3) is 5.40. The molecule has 1 heterocycles. The van der Waals surface area contributed by atoms with Gasteiger partial charge in [0.1, 0.15) is 10.4 Å². The first-order valence-electron chi connectivity index (χ1n) is 12.1. The lowest BCUT2D eigenvalue weighted by atomic mass is 9.80. The van der Waals surface area contributed by atoms with Crippen molar-refractivity contribution < 1.29 is 19.2 Å². The Hall–Kier alpha value is -1.60. The van der Waals surface area contributed by atoms with Crippen LogP contribution in [0.4, 0.5) is 0 Å². The lowest BCUT2D eigenvalue weighted by Crippen LogP contribution is -2.56. The van der Waals surface area contributed by atoms with Crippen molar-refractivity contribution in [2.24, 2.45) is 23.7 Å². The van der Waals surface area contributed by atoms with Crippen LogP contribution in [0, 0.1) is 23.7 Å². The molecule has 3 fully saturated rings. The topological polar surface area (TPSA) is 95.6 Å². The van der Waals surface area contributed by atoms with Gasteiger partial charge in [-0.25, -0.2) is 0 Å². The molecule has 0 aromatic carbocycles. The summed E-state index contributed by atoms with van der Waals surface area (Å²) in [4.78, 5) is 53.2. The van der Waals surface area contributed by atoms with E-state index in [1.807, 2.05) is 13.8 Å². The van der Waals surface area contributed by atoms with Crippen LogP contribution < -0.4 is 10.6 Å².